The van der Waals surface area contributed by atoms with E-state index in [1.807, 2.05) is 0 Å². The molecular formula is C14H18F12O4. The second kappa shape index (κ2) is 9.24. The van der Waals surface area contributed by atoms with E-state index in [9.17, 15) is 52.7 Å². The first-order valence-electron chi connectivity index (χ1n) is 7.77. The normalized spacial score (nSPS) is 17.2. The number of aliphatic hydroxyl groups excluding tert-OH is 2. The number of hydrogen-bond donors (Lipinski definition) is 2. The Bertz CT molecular complexity index is 507. The van der Waals surface area contributed by atoms with Crippen molar-refractivity contribution in [1.82, 2.24) is 0 Å². The second-order valence-corrected chi connectivity index (χ2v) is 6.33. The first-order valence-corrected chi connectivity index (χ1v) is 7.77. The summed E-state index contributed by atoms with van der Waals surface area (Å²) in [7, 11) is 1.51. The van der Waals surface area contributed by atoms with Gasteiger partial charge in [0.15, 0.2) is 0 Å². The summed E-state index contributed by atoms with van der Waals surface area (Å²) in [6, 6.07) is 0. The van der Waals surface area contributed by atoms with Crippen molar-refractivity contribution in [3.8, 4) is 0 Å². The van der Waals surface area contributed by atoms with Crippen molar-refractivity contribution < 1.29 is 72.4 Å². The summed E-state index contributed by atoms with van der Waals surface area (Å²) in [6.07, 6.45) is -10.5. The number of alkyl halides is 12. The fourth-order valence-corrected chi connectivity index (χ4v) is 2.20. The van der Waals surface area contributed by atoms with E-state index in [-0.39, 0.29) is 0 Å². The van der Waals surface area contributed by atoms with Crippen LogP contribution in [-0.4, -0.2) is 85.4 Å². The molecule has 0 aliphatic carbocycles. The Balaban J connectivity index is 6.12. The number of ether oxygens (including phenoxy) is 2. The molecule has 2 unspecified atom stereocenters. The van der Waals surface area contributed by atoms with Crippen LogP contribution in [0.4, 0.5) is 52.7 Å². The molecule has 0 fully saturated rings. The molecule has 0 amide bonds. The van der Waals surface area contributed by atoms with Crippen LogP contribution in [-0.2, 0) is 9.47 Å². The van der Waals surface area contributed by atoms with Gasteiger partial charge < -0.3 is 19.7 Å². The minimum absolute atomic E-state index is 0.753. The molecule has 0 aliphatic rings. The van der Waals surface area contributed by atoms with E-state index in [0.717, 1.165) is 14.2 Å². The summed E-state index contributed by atoms with van der Waals surface area (Å²) in [5.74, 6) is -42.6. The molecule has 4 nitrogen and oxygen atoms in total. The first-order chi connectivity index (χ1) is 13.2. The highest BCUT2D eigenvalue weighted by Gasteiger charge is 2.89. The highest BCUT2D eigenvalue weighted by atomic mass is 19.4. The molecular weight excluding hydrogens is 460 g/mol. The third-order valence-electron chi connectivity index (χ3n) is 3.80. The van der Waals surface area contributed by atoms with Crippen LogP contribution in [0.25, 0.3) is 0 Å². The maximum Gasteiger partial charge on any atom is 0.384 e. The van der Waals surface area contributed by atoms with Gasteiger partial charge in [-0.25, -0.2) is 0 Å². The Hall–Kier alpha value is -1.00. The summed E-state index contributed by atoms with van der Waals surface area (Å²) < 4.78 is 171. The van der Waals surface area contributed by atoms with E-state index in [1.54, 1.807) is 0 Å². The van der Waals surface area contributed by atoms with Gasteiger partial charge in [0.1, 0.15) is 0 Å². The molecule has 2 atom stereocenters. The highest BCUT2D eigenvalue weighted by Crippen LogP contribution is 2.61. The maximum absolute atomic E-state index is 13.6. The van der Waals surface area contributed by atoms with Crippen LogP contribution in [0.15, 0.2) is 0 Å². The van der Waals surface area contributed by atoms with Crippen LogP contribution in [0.2, 0.25) is 0 Å². The minimum Gasteiger partial charge on any atom is -0.390 e. The van der Waals surface area contributed by atoms with E-state index in [4.69, 9.17) is 10.2 Å². The van der Waals surface area contributed by atoms with E-state index in [1.165, 1.54) is 0 Å². The number of halogens is 12. The van der Waals surface area contributed by atoms with Gasteiger partial charge in [0.05, 0.1) is 25.4 Å². The van der Waals surface area contributed by atoms with E-state index in [0.29, 0.717) is 0 Å². The smallest absolute Gasteiger partial charge is 0.384 e. The maximum atomic E-state index is 13.6. The first kappa shape index (κ1) is 29.0. The van der Waals surface area contributed by atoms with Gasteiger partial charge in [-0.05, 0) is 0 Å². The summed E-state index contributed by atoms with van der Waals surface area (Å²) in [4.78, 5) is 0. The lowest BCUT2D eigenvalue weighted by atomic mass is 9.88. The fraction of sp³-hybridized carbons (Fsp3) is 1.00. The molecule has 2 N–H and O–H groups in total. The predicted molar refractivity (Wildman–Crippen MR) is 74.7 cm³/mol. The third kappa shape index (κ3) is 5.07. The average Bonchev–Trinajstić information content (AvgIpc) is 2.53. The molecule has 0 aromatic rings. The highest BCUT2D eigenvalue weighted by molar-refractivity contribution is 5.12. The number of hydrogen-bond acceptors (Lipinski definition) is 4. The largest absolute Gasteiger partial charge is 0.390 e. The molecule has 0 aromatic carbocycles. The molecule has 0 rings (SSSR count). The number of rotatable bonds is 13. The lowest BCUT2D eigenvalue weighted by molar-refractivity contribution is -0.427. The van der Waals surface area contributed by atoms with Crippen LogP contribution in [0.5, 0.6) is 0 Å². The predicted octanol–water partition coefficient (Wildman–Crippen LogP) is 3.59. The van der Waals surface area contributed by atoms with Crippen LogP contribution < -0.4 is 0 Å². The van der Waals surface area contributed by atoms with Crippen molar-refractivity contribution in [3.05, 3.63) is 0 Å². The third-order valence-corrected chi connectivity index (χ3v) is 3.80. The molecule has 0 bridgehead atoms. The molecule has 0 spiro atoms. The Morgan fingerprint density at radius 3 is 0.967 bits per heavy atom. The van der Waals surface area contributed by atoms with Crippen molar-refractivity contribution in [2.24, 2.45) is 0 Å². The summed E-state index contributed by atoms with van der Waals surface area (Å²) in [6.45, 7) is -2.31. The molecule has 0 saturated heterocycles. The van der Waals surface area contributed by atoms with E-state index in [2.05, 4.69) is 9.47 Å². The Kier molecular flexibility index (Phi) is 8.93. The SMILES string of the molecule is COCC(O)CC(F)(F)C(F)(F)C(F)(F)C(F)(F)C(F)(F)C(F)(F)CC(O)COC. The van der Waals surface area contributed by atoms with Crippen LogP contribution >= 0.6 is 0 Å². The van der Waals surface area contributed by atoms with Gasteiger partial charge >= 0.3 is 35.5 Å². The number of aliphatic hydroxyl groups is 2. The average molecular weight is 478 g/mol. The monoisotopic (exact) mass is 478 g/mol. The zero-order valence-corrected chi connectivity index (χ0v) is 15.2. The Morgan fingerprint density at radius 1 is 0.533 bits per heavy atom. The molecule has 182 valence electrons. The Morgan fingerprint density at radius 2 is 0.767 bits per heavy atom. The summed E-state index contributed by atoms with van der Waals surface area (Å²) >= 11 is 0. The van der Waals surface area contributed by atoms with Crippen LogP contribution in [0.1, 0.15) is 12.8 Å². The molecule has 0 radical (unpaired) electrons. The van der Waals surface area contributed by atoms with Crippen molar-refractivity contribution in [3.63, 3.8) is 0 Å². The van der Waals surface area contributed by atoms with Gasteiger partial charge in [0.2, 0.25) is 0 Å². The molecule has 0 aliphatic heterocycles. The lowest BCUT2D eigenvalue weighted by Crippen LogP contribution is -2.71. The quantitative estimate of drug-likeness (QED) is 0.398. The van der Waals surface area contributed by atoms with Crippen LogP contribution in [0, 0.1) is 0 Å². The van der Waals surface area contributed by atoms with Gasteiger partial charge in [0.25, 0.3) is 0 Å². The van der Waals surface area contributed by atoms with Gasteiger partial charge in [-0.2, -0.15) is 52.7 Å². The minimum atomic E-state index is -7.73. The van der Waals surface area contributed by atoms with Gasteiger partial charge in [-0.3, -0.25) is 0 Å². The van der Waals surface area contributed by atoms with E-state index >= 15 is 0 Å². The molecule has 30 heavy (non-hydrogen) atoms. The van der Waals surface area contributed by atoms with Gasteiger partial charge in [0, 0.05) is 27.1 Å². The fourth-order valence-electron chi connectivity index (χ4n) is 2.20. The van der Waals surface area contributed by atoms with Gasteiger partial charge in [-0.15, -0.1) is 0 Å². The summed E-state index contributed by atoms with van der Waals surface area (Å²) in [5, 5.41) is 18.0. The van der Waals surface area contributed by atoms with E-state index < -0.39 is 73.8 Å². The van der Waals surface area contributed by atoms with Crippen molar-refractivity contribution in [1.29, 1.82) is 0 Å². The second-order valence-electron chi connectivity index (χ2n) is 6.33. The topological polar surface area (TPSA) is 58.9 Å². The van der Waals surface area contributed by atoms with Crippen molar-refractivity contribution >= 4 is 0 Å². The molecule has 0 heterocycles. The molecule has 0 aromatic heterocycles. The zero-order valence-electron chi connectivity index (χ0n) is 15.2. The molecule has 0 saturated carbocycles. The Labute approximate surface area is 161 Å². The number of methoxy groups -OCH3 is 2. The van der Waals surface area contributed by atoms with Crippen molar-refractivity contribution in [2.75, 3.05) is 27.4 Å². The van der Waals surface area contributed by atoms with Gasteiger partial charge in [-0.1, -0.05) is 0 Å². The summed E-state index contributed by atoms with van der Waals surface area (Å²) in [5.41, 5.74) is 0. The van der Waals surface area contributed by atoms with Crippen LogP contribution in [0.3, 0.4) is 0 Å². The molecule has 16 heteroatoms. The standard InChI is InChI=1S/C14H18F12O4/c1-29-5-7(27)3-9(15,16)11(19,20)13(23,24)14(25,26)12(21,22)10(17,18)4-8(28)6-30-2/h7-8,27-28H,3-6H2,1-2H3. The zero-order chi connectivity index (χ0) is 24.4. The lowest BCUT2D eigenvalue weighted by Gasteiger charge is -2.41. The van der Waals surface area contributed by atoms with Crippen molar-refractivity contribution in [2.45, 2.75) is 60.6 Å².